The van der Waals surface area contributed by atoms with E-state index in [4.69, 9.17) is 10.5 Å². The van der Waals surface area contributed by atoms with Crippen LogP contribution in [0.15, 0.2) is 159 Å². The molecule has 14 heteroatoms. The van der Waals surface area contributed by atoms with E-state index < -0.39 is 0 Å². The fraction of sp³-hybridized carbons (Fsp3) is 0.323. The molecule has 0 bridgehead atoms. The van der Waals surface area contributed by atoms with Crippen molar-refractivity contribution < 1.29 is 19.2 Å². The summed E-state index contributed by atoms with van der Waals surface area (Å²) in [4.78, 5) is 64.5. The summed E-state index contributed by atoms with van der Waals surface area (Å²) in [6.07, 6.45) is 9.40. The van der Waals surface area contributed by atoms with Crippen LogP contribution in [0, 0.1) is 34.5 Å². The van der Waals surface area contributed by atoms with Gasteiger partial charge in [0.05, 0.1) is 48.8 Å². The van der Waals surface area contributed by atoms with E-state index in [0.29, 0.717) is 56.8 Å². The Bertz CT molecular complexity index is 3390. The van der Waals surface area contributed by atoms with Crippen LogP contribution >= 0.6 is 0 Å². The van der Waals surface area contributed by atoms with Crippen LogP contribution < -0.4 is 10.6 Å². The first kappa shape index (κ1) is 57.8. The van der Waals surface area contributed by atoms with Crippen LogP contribution in [-0.4, -0.2) is 77.7 Å². The summed E-state index contributed by atoms with van der Waals surface area (Å²) in [5.41, 5.74) is 7.07. The molecule has 14 nitrogen and oxygen atoms in total. The molecule has 2 aromatic heterocycles. The van der Waals surface area contributed by atoms with Crippen LogP contribution in [-0.2, 0) is 58.2 Å². The highest BCUT2D eigenvalue weighted by Gasteiger charge is 2.26. The Labute approximate surface area is 464 Å². The van der Waals surface area contributed by atoms with Crippen molar-refractivity contribution in [2.24, 2.45) is 11.8 Å². The van der Waals surface area contributed by atoms with Gasteiger partial charge in [-0.1, -0.05) is 157 Å². The first-order valence-electron chi connectivity index (χ1n) is 27.3. The zero-order valence-electron chi connectivity index (χ0n) is 46.3. The summed E-state index contributed by atoms with van der Waals surface area (Å²) in [6.45, 7) is 14.9. The molecule has 2 N–H and O–H groups in total. The lowest BCUT2D eigenvalue weighted by Crippen LogP contribution is -2.49. The number of fused-ring (bicyclic) bond motifs is 2. The number of rotatable bonds is 23. The van der Waals surface area contributed by atoms with Gasteiger partial charge in [0, 0.05) is 88.5 Å². The molecule has 6 aromatic carbocycles. The number of imidazole rings is 2. The zero-order valence-corrected chi connectivity index (χ0v) is 46.3. The lowest BCUT2D eigenvalue weighted by molar-refractivity contribution is -0.133. The van der Waals surface area contributed by atoms with Crippen LogP contribution in [0.25, 0.3) is 21.5 Å². The Morgan fingerprint density at radius 1 is 0.557 bits per heavy atom. The first-order valence-corrected chi connectivity index (χ1v) is 27.3. The van der Waals surface area contributed by atoms with Crippen LogP contribution in [0.5, 0.6) is 0 Å². The third kappa shape index (κ3) is 16.1. The fourth-order valence-corrected chi connectivity index (χ4v) is 9.72. The van der Waals surface area contributed by atoms with Crippen LogP contribution in [0.3, 0.4) is 0 Å². The van der Waals surface area contributed by atoms with Gasteiger partial charge in [-0.05, 0) is 79.9 Å². The molecule has 4 atom stereocenters. The second kappa shape index (κ2) is 28.5. The number of carbonyl (C=O) groups is 4. The summed E-state index contributed by atoms with van der Waals surface area (Å²) < 4.78 is 3.90. The molecule has 406 valence electrons. The van der Waals surface area contributed by atoms with E-state index in [9.17, 15) is 19.2 Å². The van der Waals surface area contributed by atoms with Gasteiger partial charge in [0.25, 0.3) is 0 Å². The summed E-state index contributed by atoms with van der Waals surface area (Å²) in [5, 5.41) is 29.1. The molecule has 2 heterocycles. The fourth-order valence-electron chi connectivity index (χ4n) is 9.72. The number of carbonyl (C=O) groups excluding carboxylic acids is 4. The van der Waals surface area contributed by atoms with Gasteiger partial charge in [-0.15, -0.1) is 0 Å². The third-order valence-electron chi connectivity index (χ3n) is 14.9. The number of hydrogen-bond acceptors (Lipinski definition) is 8. The van der Waals surface area contributed by atoms with Crippen LogP contribution in [0.2, 0.25) is 0 Å². The van der Waals surface area contributed by atoms with E-state index in [1.54, 1.807) is 56.2 Å². The number of nitrogens with zero attached hydrogens (tertiary/aromatic N) is 8. The van der Waals surface area contributed by atoms with E-state index in [-0.39, 0.29) is 60.4 Å². The molecule has 79 heavy (non-hydrogen) atoms. The van der Waals surface area contributed by atoms with Crippen molar-refractivity contribution in [3.8, 4) is 12.1 Å². The molecule has 0 fully saturated rings. The van der Waals surface area contributed by atoms with Crippen molar-refractivity contribution in [3.63, 3.8) is 0 Å². The normalized spacial score (nSPS) is 12.5. The smallest absolute Gasteiger partial charge is 0.226 e. The number of nitrogens with one attached hydrogen (secondary N) is 2. The molecule has 0 aliphatic rings. The van der Waals surface area contributed by atoms with E-state index >= 15 is 0 Å². The standard InChI is InChI=1S/C33H37N5O2.C32H35N5O2/c1-4-24(3)31(22-37(33(40)5-2)21-28-11-8-10-27-9-6-7-12-30(27)28)36-32(39)17-29-19-35-23-38(29)20-26-15-13-25(18-34)14-16-26;1-4-23(2)31(21-36(24(3)38)20-28-10-7-9-27-8-5-6-11-30(27)28)35-32(39)16-29-18-34-22-37(29)19-26-14-12-25(17-33)13-15-26/h6-16,19,23-24,31H,4-5,17,20-22H2,1-3H3,(H,36,39);5-15,18,22-23,31H,4,16,19-21H2,1-3H3,(H,35,39)/t24-,31+;23-,31+/m00/s1. The predicted octanol–water partition coefficient (Wildman–Crippen LogP) is 10.5. The van der Waals surface area contributed by atoms with Crippen molar-refractivity contribution in [3.05, 3.63) is 203 Å². The maximum atomic E-state index is 13.3. The summed E-state index contributed by atoms with van der Waals surface area (Å²) in [7, 11) is 0. The molecule has 8 rings (SSSR count). The highest BCUT2D eigenvalue weighted by atomic mass is 16.2. The molecule has 0 spiro atoms. The second-order valence-electron chi connectivity index (χ2n) is 20.4. The van der Waals surface area contributed by atoms with Gasteiger partial charge in [-0.3, -0.25) is 19.2 Å². The molecule has 4 amide bonds. The minimum absolute atomic E-state index is 0.0222. The van der Waals surface area contributed by atoms with Crippen LogP contribution in [0.4, 0.5) is 0 Å². The van der Waals surface area contributed by atoms with Gasteiger partial charge in [0.15, 0.2) is 0 Å². The Kier molecular flexibility index (Phi) is 20.8. The Morgan fingerprint density at radius 3 is 1.37 bits per heavy atom. The quantitative estimate of drug-likeness (QED) is 0.0634. The van der Waals surface area contributed by atoms with E-state index in [1.807, 2.05) is 86.5 Å². The molecule has 0 radical (unpaired) electrons. The Hall–Kier alpha value is -8.88. The number of benzene rings is 6. The average Bonchev–Trinajstić information content (AvgIpc) is 4.16. The molecule has 8 aromatic rings. The molecule has 0 aliphatic carbocycles. The van der Waals surface area contributed by atoms with E-state index in [0.717, 1.165) is 68.0 Å². The number of hydrogen-bond donors (Lipinski definition) is 2. The number of aromatic nitrogens is 4. The largest absolute Gasteiger partial charge is 0.351 e. The van der Waals surface area contributed by atoms with Crippen molar-refractivity contribution in [1.29, 1.82) is 10.5 Å². The van der Waals surface area contributed by atoms with Crippen LogP contribution in [0.1, 0.15) is 106 Å². The lowest BCUT2D eigenvalue weighted by Gasteiger charge is -2.32. The number of nitriles is 2. The maximum absolute atomic E-state index is 13.3. The van der Waals surface area contributed by atoms with Crippen molar-refractivity contribution in [1.82, 2.24) is 39.5 Å². The highest BCUT2D eigenvalue weighted by molar-refractivity contribution is 5.87. The topological polar surface area (TPSA) is 182 Å². The zero-order chi connectivity index (χ0) is 56.3. The summed E-state index contributed by atoms with van der Waals surface area (Å²) in [5.74, 6) is 0.220. The average molecular weight is 1060 g/mol. The molecular formula is C65H72N10O4. The van der Waals surface area contributed by atoms with Crippen molar-refractivity contribution in [2.45, 2.75) is 112 Å². The van der Waals surface area contributed by atoms with Gasteiger partial charge < -0.3 is 29.6 Å². The van der Waals surface area contributed by atoms with Crippen molar-refractivity contribution >= 4 is 45.2 Å². The predicted molar refractivity (Wildman–Crippen MR) is 310 cm³/mol. The van der Waals surface area contributed by atoms with Gasteiger partial charge in [-0.25, -0.2) is 9.97 Å². The van der Waals surface area contributed by atoms with Gasteiger partial charge >= 0.3 is 0 Å². The Balaban J connectivity index is 0.000000229. The summed E-state index contributed by atoms with van der Waals surface area (Å²) >= 11 is 0. The molecule has 0 saturated carbocycles. The molecule has 0 saturated heterocycles. The first-order chi connectivity index (χ1) is 38.3. The van der Waals surface area contributed by atoms with Crippen molar-refractivity contribution in [2.75, 3.05) is 13.1 Å². The minimum atomic E-state index is -0.184. The van der Waals surface area contributed by atoms with E-state index in [2.05, 4.69) is 109 Å². The number of amides is 4. The van der Waals surface area contributed by atoms with Gasteiger partial charge in [0.1, 0.15) is 0 Å². The molecular weight excluding hydrogens is 985 g/mol. The third-order valence-corrected chi connectivity index (χ3v) is 14.9. The van der Waals surface area contributed by atoms with Gasteiger partial charge in [-0.2, -0.15) is 10.5 Å². The SMILES string of the molecule is CCC(=O)N(Cc1cccc2ccccc12)C[C@@H](NC(=O)Cc1cncn1Cc1ccc(C#N)cc1)[C@@H](C)CC.CC[C@H](C)[C@@H](CN(Cc1cccc2ccccc12)C(C)=O)NC(=O)Cc1cncn1Cc1ccc(C#N)cc1. The van der Waals surface area contributed by atoms with Gasteiger partial charge in [0.2, 0.25) is 23.6 Å². The molecule has 0 aliphatic heterocycles. The molecule has 0 unspecified atom stereocenters. The maximum Gasteiger partial charge on any atom is 0.226 e. The minimum Gasteiger partial charge on any atom is -0.351 e. The lowest BCUT2D eigenvalue weighted by atomic mass is 9.97. The Morgan fingerprint density at radius 2 is 0.962 bits per heavy atom. The van der Waals surface area contributed by atoms with E-state index in [1.165, 1.54) is 0 Å². The second-order valence-corrected chi connectivity index (χ2v) is 20.4. The monoisotopic (exact) mass is 1060 g/mol. The highest BCUT2D eigenvalue weighted by Crippen LogP contribution is 2.24. The summed E-state index contributed by atoms with van der Waals surface area (Å²) in [6, 6.07) is 47.4.